The molecule has 2 aliphatic rings. The summed E-state index contributed by atoms with van der Waals surface area (Å²) in [7, 11) is 0. The highest BCUT2D eigenvalue weighted by molar-refractivity contribution is 5.64. The second kappa shape index (κ2) is 8.07. The van der Waals surface area contributed by atoms with Crippen molar-refractivity contribution in [1.82, 2.24) is 15.0 Å². The highest BCUT2D eigenvalue weighted by Crippen LogP contribution is 2.28. The van der Waals surface area contributed by atoms with Crippen LogP contribution in [0.1, 0.15) is 25.7 Å². The monoisotopic (exact) mass is 387 g/mol. The van der Waals surface area contributed by atoms with E-state index in [1.807, 2.05) is 30.3 Å². The lowest BCUT2D eigenvalue weighted by Gasteiger charge is -2.20. The molecule has 29 heavy (non-hydrogen) atoms. The second-order valence-corrected chi connectivity index (χ2v) is 7.60. The first-order valence-corrected chi connectivity index (χ1v) is 10.4. The maximum atomic E-state index is 6.05. The minimum Gasteiger partial charge on any atom is -0.424 e. The zero-order valence-corrected chi connectivity index (χ0v) is 16.5. The number of nitrogens with zero attached hydrogens (tertiary/aromatic N) is 5. The van der Waals surface area contributed by atoms with Crippen molar-refractivity contribution < 1.29 is 4.74 Å². The zero-order valence-electron chi connectivity index (χ0n) is 16.5. The van der Waals surface area contributed by atoms with E-state index in [0.29, 0.717) is 6.01 Å². The average molecular weight is 387 g/mol. The van der Waals surface area contributed by atoms with E-state index in [-0.39, 0.29) is 0 Å². The van der Waals surface area contributed by atoms with E-state index in [1.54, 1.807) is 0 Å². The predicted molar refractivity (Wildman–Crippen MR) is 115 cm³/mol. The SMILES string of the molecule is c1ccc(-c2ccc(Oc3nc(N4CCCC4)nc(N4CCCC4)n3)cc2)cc1. The molecule has 2 aromatic carbocycles. The number of hydrogen-bond acceptors (Lipinski definition) is 6. The molecule has 0 bridgehead atoms. The van der Waals surface area contributed by atoms with E-state index in [2.05, 4.69) is 44.0 Å². The van der Waals surface area contributed by atoms with Gasteiger partial charge in [-0.1, -0.05) is 42.5 Å². The van der Waals surface area contributed by atoms with Gasteiger partial charge in [0.1, 0.15) is 5.75 Å². The summed E-state index contributed by atoms with van der Waals surface area (Å²) in [6, 6.07) is 18.8. The average Bonchev–Trinajstić information content (AvgIpc) is 3.49. The Bertz CT molecular complexity index is 915. The van der Waals surface area contributed by atoms with Crippen LogP contribution >= 0.6 is 0 Å². The molecule has 2 saturated heterocycles. The molecule has 0 N–H and O–H groups in total. The molecule has 0 atom stereocenters. The summed E-state index contributed by atoms with van der Waals surface area (Å²) in [5.41, 5.74) is 2.34. The first-order valence-electron chi connectivity index (χ1n) is 10.4. The van der Waals surface area contributed by atoms with Crippen LogP contribution in [0.2, 0.25) is 0 Å². The number of aromatic nitrogens is 3. The lowest BCUT2D eigenvalue weighted by Crippen LogP contribution is -2.25. The zero-order chi connectivity index (χ0) is 19.5. The summed E-state index contributed by atoms with van der Waals surface area (Å²) >= 11 is 0. The Morgan fingerprint density at radius 1 is 0.586 bits per heavy atom. The molecule has 0 unspecified atom stereocenters. The van der Waals surface area contributed by atoms with Gasteiger partial charge in [-0.2, -0.15) is 15.0 Å². The van der Waals surface area contributed by atoms with Crippen LogP contribution in [0.5, 0.6) is 11.8 Å². The largest absolute Gasteiger partial charge is 0.424 e. The van der Waals surface area contributed by atoms with Crippen molar-refractivity contribution in [2.24, 2.45) is 0 Å². The van der Waals surface area contributed by atoms with Crippen LogP contribution < -0.4 is 14.5 Å². The lowest BCUT2D eigenvalue weighted by molar-refractivity contribution is 0.439. The predicted octanol–water partition coefficient (Wildman–Crippen LogP) is 4.53. The van der Waals surface area contributed by atoms with Crippen molar-refractivity contribution in [3.8, 4) is 22.9 Å². The molecule has 0 spiro atoms. The quantitative estimate of drug-likeness (QED) is 0.641. The number of anilines is 2. The molecule has 2 aliphatic heterocycles. The number of hydrogen-bond donors (Lipinski definition) is 0. The molecule has 3 heterocycles. The van der Waals surface area contributed by atoms with Crippen molar-refractivity contribution in [3.05, 3.63) is 54.6 Å². The topological polar surface area (TPSA) is 54.4 Å². The van der Waals surface area contributed by atoms with Crippen molar-refractivity contribution in [2.75, 3.05) is 36.0 Å². The van der Waals surface area contributed by atoms with E-state index in [9.17, 15) is 0 Å². The summed E-state index contributed by atoms with van der Waals surface area (Å²) in [6.07, 6.45) is 4.73. The molecule has 0 saturated carbocycles. The summed E-state index contributed by atoms with van der Waals surface area (Å²) < 4.78 is 6.05. The van der Waals surface area contributed by atoms with Crippen LogP contribution in [-0.4, -0.2) is 41.1 Å². The molecule has 148 valence electrons. The normalized spacial score (nSPS) is 16.4. The lowest BCUT2D eigenvalue weighted by atomic mass is 10.1. The van der Waals surface area contributed by atoms with Crippen LogP contribution in [0.4, 0.5) is 11.9 Å². The maximum absolute atomic E-state index is 6.05. The van der Waals surface area contributed by atoms with Gasteiger partial charge in [-0.25, -0.2) is 0 Å². The molecule has 5 rings (SSSR count). The van der Waals surface area contributed by atoms with Crippen LogP contribution in [-0.2, 0) is 0 Å². The van der Waals surface area contributed by atoms with Crippen molar-refractivity contribution >= 4 is 11.9 Å². The van der Waals surface area contributed by atoms with E-state index >= 15 is 0 Å². The van der Waals surface area contributed by atoms with Gasteiger partial charge in [0.2, 0.25) is 11.9 Å². The van der Waals surface area contributed by atoms with E-state index in [4.69, 9.17) is 9.72 Å². The smallest absolute Gasteiger partial charge is 0.328 e. The number of ether oxygens (including phenoxy) is 1. The summed E-state index contributed by atoms with van der Waals surface area (Å²) in [6.45, 7) is 3.98. The van der Waals surface area contributed by atoms with Gasteiger partial charge in [-0.05, 0) is 48.9 Å². The minimum atomic E-state index is 0.372. The molecule has 0 aliphatic carbocycles. The number of benzene rings is 2. The molecule has 1 aromatic heterocycles. The molecule has 6 heteroatoms. The Morgan fingerprint density at radius 3 is 1.66 bits per heavy atom. The highest BCUT2D eigenvalue weighted by atomic mass is 16.5. The third-order valence-corrected chi connectivity index (χ3v) is 5.54. The van der Waals surface area contributed by atoms with Gasteiger partial charge in [0.25, 0.3) is 0 Å². The highest BCUT2D eigenvalue weighted by Gasteiger charge is 2.22. The van der Waals surface area contributed by atoms with Gasteiger partial charge in [-0.3, -0.25) is 0 Å². The molecule has 0 amide bonds. The Kier molecular flexibility index (Phi) is 4.99. The molecule has 2 fully saturated rings. The molecular formula is C23H25N5O. The molecule has 6 nitrogen and oxygen atoms in total. The Hall–Kier alpha value is -3.15. The standard InChI is InChI=1S/C23H25N5O/c1-2-8-18(9-3-1)19-10-12-20(13-11-19)29-23-25-21(27-14-4-5-15-27)24-22(26-23)28-16-6-7-17-28/h1-3,8-13H,4-7,14-17H2. The third-order valence-electron chi connectivity index (χ3n) is 5.54. The van der Waals surface area contributed by atoms with Crippen molar-refractivity contribution in [2.45, 2.75) is 25.7 Å². The van der Waals surface area contributed by atoms with Crippen molar-refractivity contribution in [3.63, 3.8) is 0 Å². The fourth-order valence-electron chi connectivity index (χ4n) is 3.95. The van der Waals surface area contributed by atoms with Gasteiger partial charge in [0.15, 0.2) is 0 Å². The minimum absolute atomic E-state index is 0.372. The Labute approximate surface area is 171 Å². The fraction of sp³-hybridized carbons (Fsp3) is 0.348. The Balaban J connectivity index is 1.40. The summed E-state index contributed by atoms with van der Waals surface area (Å²) in [4.78, 5) is 18.4. The van der Waals surface area contributed by atoms with E-state index in [0.717, 1.165) is 49.4 Å². The van der Waals surface area contributed by atoms with Crippen LogP contribution in [0.15, 0.2) is 54.6 Å². The molecule has 3 aromatic rings. The van der Waals surface area contributed by atoms with E-state index in [1.165, 1.54) is 31.2 Å². The van der Waals surface area contributed by atoms with Crippen LogP contribution in [0, 0.1) is 0 Å². The van der Waals surface area contributed by atoms with Crippen molar-refractivity contribution in [1.29, 1.82) is 0 Å². The summed E-state index contributed by atoms with van der Waals surface area (Å²) in [5.74, 6) is 2.20. The number of rotatable bonds is 5. The van der Waals surface area contributed by atoms with Gasteiger partial charge in [0.05, 0.1) is 0 Å². The summed E-state index contributed by atoms with van der Waals surface area (Å²) in [5, 5.41) is 0. The maximum Gasteiger partial charge on any atom is 0.328 e. The second-order valence-electron chi connectivity index (χ2n) is 7.60. The van der Waals surface area contributed by atoms with Gasteiger partial charge >= 0.3 is 6.01 Å². The first-order chi connectivity index (χ1) is 14.3. The fourth-order valence-corrected chi connectivity index (χ4v) is 3.95. The third kappa shape index (κ3) is 4.01. The van der Waals surface area contributed by atoms with Gasteiger partial charge < -0.3 is 14.5 Å². The Morgan fingerprint density at radius 2 is 1.10 bits per heavy atom. The van der Waals surface area contributed by atoms with Crippen LogP contribution in [0.3, 0.4) is 0 Å². The van der Waals surface area contributed by atoms with Gasteiger partial charge in [-0.15, -0.1) is 0 Å². The van der Waals surface area contributed by atoms with Crippen LogP contribution in [0.25, 0.3) is 11.1 Å². The first kappa shape index (κ1) is 17.9. The van der Waals surface area contributed by atoms with E-state index < -0.39 is 0 Å². The molecular weight excluding hydrogens is 362 g/mol. The molecule has 0 radical (unpaired) electrons. The van der Waals surface area contributed by atoms with Gasteiger partial charge in [0, 0.05) is 26.2 Å².